The molecule has 1 unspecified atom stereocenters. The summed E-state index contributed by atoms with van der Waals surface area (Å²) in [5.41, 5.74) is 2.35. The molecule has 0 aromatic heterocycles. The van der Waals surface area contributed by atoms with Crippen LogP contribution >= 0.6 is 0 Å². The van der Waals surface area contributed by atoms with E-state index in [-0.39, 0.29) is 24.2 Å². The van der Waals surface area contributed by atoms with E-state index in [1.165, 1.54) is 24.5 Å². The van der Waals surface area contributed by atoms with Crippen LogP contribution in [0.15, 0.2) is 35.9 Å². The van der Waals surface area contributed by atoms with Crippen LogP contribution in [0, 0.1) is 10.1 Å². The van der Waals surface area contributed by atoms with Crippen molar-refractivity contribution in [3.05, 3.63) is 51.6 Å². The summed E-state index contributed by atoms with van der Waals surface area (Å²) in [6, 6.07) is 6.49. The molecule has 0 saturated heterocycles. The van der Waals surface area contributed by atoms with Gasteiger partial charge in [0, 0.05) is 24.7 Å². The Bertz CT molecular complexity index is 643. The minimum atomic E-state index is -0.400. The molecule has 1 aliphatic carbocycles. The van der Waals surface area contributed by atoms with Crippen LogP contribution in [0.4, 0.5) is 5.69 Å². The smallest absolute Gasteiger partial charge is 0.269 e. The lowest BCUT2D eigenvalue weighted by Crippen LogP contribution is -2.36. The van der Waals surface area contributed by atoms with Gasteiger partial charge in [-0.3, -0.25) is 19.8 Å². The van der Waals surface area contributed by atoms with Crippen LogP contribution in [0.3, 0.4) is 0 Å². The molecule has 1 amide bonds. The summed E-state index contributed by atoms with van der Waals surface area (Å²) < 4.78 is 0. The zero-order valence-corrected chi connectivity index (χ0v) is 15.0. The van der Waals surface area contributed by atoms with E-state index in [4.69, 9.17) is 0 Å². The van der Waals surface area contributed by atoms with Gasteiger partial charge in [0.15, 0.2) is 0 Å². The molecule has 2 rings (SSSR count). The van der Waals surface area contributed by atoms with Gasteiger partial charge in [-0.05, 0) is 51.6 Å². The minimum Gasteiger partial charge on any atom is -0.355 e. The first-order valence-corrected chi connectivity index (χ1v) is 8.86. The summed E-state index contributed by atoms with van der Waals surface area (Å²) in [7, 11) is 1.85. The van der Waals surface area contributed by atoms with Crippen LogP contribution in [0.1, 0.15) is 50.6 Å². The third kappa shape index (κ3) is 5.98. The highest BCUT2D eigenvalue weighted by Crippen LogP contribution is 2.23. The largest absolute Gasteiger partial charge is 0.355 e. The third-order valence-corrected chi connectivity index (χ3v) is 4.77. The van der Waals surface area contributed by atoms with Crippen LogP contribution < -0.4 is 5.32 Å². The van der Waals surface area contributed by atoms with E-state index in [9.17, 15) is 14.9 Å². The maximum absolute atomic E-state index is 12.1. The van der Waals surface area contributed by atoms with Gasteiger partial charge in [0.1, 0.15) is 0 Å². The molecule has 1 aromatic carbocycles. The van der Waals surface area contributed by atoms with Crippen molar-refractivity contribution >= 4 is 11.6 Å². The van der Waals surface area contributed by atoms with Crippen molar-refractivity contribution < 1.29 is 9.72 Å². The highest BCUT2D eigenvalue weighted by Gasteiger charge is 2.17. The molecular weight excluding hydrogens is 318 g/mol. The van der Waals surface area contributed by atoms with Gasteiger partial charge in [0.25, 0.3) is 5.69 Å². The molecule has 0 aliphatic heterocycles. The second-order valence-electron chi connectivity index (χ2n) is 6.65. The van der Waals surface area contributed by atoms with Gasteiger partial charge in [-0.25, -0.2) is 0 Å². The van der Waals surface area contributed by atoms with Gasteiger partial charge in [0.2, 0.25) is 5.91 Å². The number of nitrogens with zero attached hydrogens (tertiary/aromatic N) is 2. The Morgan fingerprint density at radius 2 is 2.20 bits per heavy atom. The van der Waals surface area contributed by atoms with Crippen molar-refractivity contribution in [3.8, 4) is 0 Å². The highest BCUT2D eigenvalue weighted by molar-refractivity contribution is 5.78. The van der Waals surface area contributed by atoms with E-state index in [0.717, 1.165) is 24.8 Å². The first kappa shape index (κ1) is 19.1. The summed E-state index contributed by atoms with van der Waals surface area (Å²) in [5, 5.41) is 13.9. The summed E-state index contributed by atoms with van der Waals surface area (Å²) in [4.78, 5) is 24.5. The number of benzene rings is 1. The van der Waals surface area contributed by atoms with Crippen LogP contribution in [-0.4, -0.2) is 35.9 Å². The lowest BCUT2D eigenvalue weighted by Gasteiger charge is -2.24. The average molecular weight is 345 g/mol. The van der Waals surface area contributed by atoms with Crippen LogP contribution in [0.2, 0.25) is 0 Å². The molecule has 0 spiro atoms. The number of carbonyl (C=O) groups excluding carboxylic acids is 1. The maximum Gasteiger partial charge on any atom is 0.269 e. The monoisotopic (exact) mass is 345 g/mol. The number of likely N-dealkylation sites (N-methyl/N-ethyl adjacent to an activating group) is 1. The Balaban J connectivity index is 1.80. The molecule has 136 valence electrons. The van der Waals surface area contributed by atoms with Gasteiger partial charge in [-0.15, -0.1) is 0 Å². The fourth-order valence-corrected chi connectivity index (χ4v) is 3.07. The van der Waals surface area contributed by atoms with Crippen molar-refractivity contribution in [1.82, 2.24) is 10.2 Å². The molecule has 25 heavy (non-hydrogen) atoms. The number of non-ortho nitro benzene ring substituents is 1. The number of amides is 1. The van der Waals surface area contributed by atoms with Crippen LogP contribution in [0.25, 0.3) is 0 Å². The second-order valence-corrected chi connectivity index (χ2v) is 6.65. The quantitative estimate of drug-likeness (QED) is 0.444. The standard InChI is InChI=1S/C19H27N3O3/c1-15(17-9-6-10-18(13-17)22(24)25)21(2)14-19(23)20-12-11-16-7-4-3-5-8-16/h6-7,9-10,13,15H,3-5,8,11-12,14H2,1-2H3,(H,20,23). The van der Waals surface area contributed by atoms with Crippen LogP contribution in [-0.2, 0) is 4.79 Å². The van der Waals surface area contributed by atoms with Crippen molar-refractivity contribution in [3.63, 3.8) is 0 Å². The van der Waals surface area contributed by atoms with Crippen molar-refractivity contribution in [2.24, 2.45) is 0 Å². The molecule has 0 radical (unpaired) electrons. The van der Waals surface area contributed by atoms with E-state index in [1.54, 1.807) is 12.1 Å². The topological polar surface area (TPSA) is 75.5 Å². The number of nitrogens with one attached hydrogen (secondary N) is 1. The van der Waals surface area contributed by atoms with Gasteiger partial charge in [-0.1, -0.05) is 23.8 Å². The molecule has 6 nitrogen and oxygen atoms in total. The number of rotatable bonds is 8. The van der Waals surface area contributed by atoms with Crippen molar-refractivity contribution in [1.29, 1.82) is 0 Å². The Morgan fingerprint density at radius 1 is 1.40 bits per heavy atom. The molecular formula is C19H27N3O3. The van der Waals surface area contributed by atoms with Crippen molar-refractivity contribution in [2.45, 2.75) is 45.1 Å². The predicted octanol–water partition coefficient (Wildman–Crippen LogP) is 3.59. The SMILES string of the molecule is CC(c1cccc([N+](=O)[O-])c1)N(C)CC(=O)NCCC1=CCCCC1. The molecule has 0 saturated carbocycles. The fraction of sp³-hybridized carbons (Fsp3) is 0.526. The molecule has 0 heterocycles. The Hall–Kier alpha value is -2.21. The van der Waals surface area contributed by atoms with Crippen molar-refractivity contribution in [2.75, 3.05) is 20.1 Å². The Kier molecular flexibility index (Phi) is 7.13. The van der Waals surface area contributed by atoms with E-state index >= 15 is 0 Å². The van der Waals surface area contributed by atoms with E-state index < -0.39 is 4.92 Å². The molecule has 1 aromatic rings. The first-order valence-electron chi connectivity index (χ1n) is 8.86. The fourth-order valence-electron chi connectivity index (χ4n) is 3.07. The van der Waals surface area contributed by atoms with E-state index in [1.807, 2.05) is 24.9 Å². The summed E-state index contributed by atoms with van der Waals surface area (Å²) in [6.07, 6.45) is 8.06. The lowest BCUT2D eigenvalue weighted by atomic mass is 9.97. The minimum absolute atomic E-state index is 0.0174. The Morgan fingerprint density at radius 3 is 2.88 bits per heavy atom. The van der Waals surface area contributed by atoms with Gasteiger partial charge in [-0.2, -0.15) is 0 Å². The van der Waals surface area contributed by atoms with E-state index in [0.29, 0.717) is 6.54 Å². The maximum atomic E-state index is 12.1. The number of nitro benzene ring substituents is 1. The summed E-state index contributed by atoms with van der Waals surface area (Å²) >= 11 is 0. The summed E-state index contributed by atoms with van der Waals surface area (Å²) in [5.74, 6) is -0.0174. The number of allylic oxidation sites excluding steroid dienone is 1. The molecule has 6 heteroatoms. The predicted molar refractivity (Wildman–Crippen MR) is 98.3 cm³/mol. The zero-order chi connectivity index (χ0) is 18.2. The lowest BCUT2D eigenvalue weighted by molar-refractivity contribution is -0.384. The first-order chi connectivity index (χ1) is 12.0. The zero-order valence-electron chi connectivity index (χ0n) is 15.0. The van der Waals surface area contributed by atoms with E-state index in [2.05, 4.69) is 11.4 Å². The number of carbonyl (C=O) groups is 1. The number of hydrogen-bond acceptors (Lipinski definition) is 4. The van der Waals surface area contributed by atoms with Gasteiger partial charge < -0.3 is 5.32 Å². The molecule has 1 atom stereocenters. The highest BCUT2D eigenvalue weighted by atomic mass is 16.6. The molecule has 0 fully saturated rings. The molecule has 0 bridgehead atoms. The number of nitro groups is 1. The average Bonchev–Trinajstić information content (AvgIpc) is 2.62. The summed E-state index contributed by atoms with van der Waals surface area (Å²) in [6.45, 7) is 2.88. The second kappa shape index (κ2) is 9.32. The van der Waals surface area contributed by atoms with Gasteiger partial charge in [0.05, 0.1) is 11.5 Å². The number of hydrogen-bond donors (Lipinski definition) is 1. The van der Waals surface area contributed by atoms with Crippen LogP contribution in [0.5, 0.6) is 0 Å². The normalized spacial score (nSPS) is 15.6. The third-order valence-electron chi connectivity index (χ3n) is 4.77. The van der Waals surface area contributed by atoms with Gasteiger partial charge >= 0.3 is 0 Å². The molecule has 1 N–H and O–H groups in total. The Labute approximate surface area is 149 Å². The molecule has 1 aliphatic rings.